The third-order valence-electron chi connectivity index (χ3n) is 3.56. The van der Waals surface area contributed by atoms with Gasteiger partial charge in [-0.1, -0.05) is 29.8 Å². The first-order valence-electron chi connectivity index (χ1n) is 7.83. The van der Waals surface area contributed by atoms with E-state index in [-0.39, 0.29) is 19.1 Å². The number of hydrogen-bond acceptors (Lipinski definition) is 5. The Morgan fingerprint density at radius 3 is 1.88 bits per heavy atom. The van der Waals surface area contributed by atoms with E-state index in [4.69, 9.17) is 9.47 Å². The van der Waals surface area contributed by atoms with Gasteiger partial charge in [-0.15, -0.1) is 0 Å². The summed E-state index contributed by atoms with van der Waals surface area (Å²) in [4.78, 5) is 34.0. The van der Waals surface area contributed by atoms with Crippen molar-refractivity contribution in [3.63, 3.8) is 0 Å². The summed E-state index contributed by atoms with van der Waals surface area (Å²) in [7, 11) is 0. The predicted molar refractivity (Wildman–Crippen MR) is 89.3 cm³/mol. The van der Waals surface area contributed by atoms with E-state index in [2.05, 4.69) is 5.32 Å². The van der Waals surface area contributed by atoms with Gasteiger partial charge in [-0.05, 0) is 25.3 Å². The number of ether oxygens (including phenoxy) is 2. The molecule has 1 aromatic rings. The Bertz CT molecular complexity index is 562. The molecule has 0 aromatic heterocycles. The molecule has 1 rings (SSSR count). The first-order chi connectivity index (χ1) is 11.2. The van der Waals surface area contributed by atoms with Crippen LogP contribution in [0.1, 0.15) is 38.3 Å². The summed E-state index contributed by atoms with van der Waals surface area (Å²) in [6, 6.07) is 8.03. The summed E-state index contributed by atoms with van der Waals surface area (Å²) in [6.07, 6.45) is 1.11. The Morgan fingerprint density at radius 2 is 1.46 bits per heavy atom. The number of benzene rings is 1. The molecular formula is C18H25NO5. The lowest BCUT2D eigenvalue weighted by Gasteiger charge is -2.33. The molecule has 0 spiro atoms. The van der Waals surface area contributed by atoms with Crippen LogP contribution in [0.5, 0.6) is 0 Å². The molecule has 0 atom stereocenters. The number of carbonyl (C=O) groups excluding carboxylic acids is 3. The van der Waals surface area contributed by atoms with Crippen LogP contribution in [0.15, 0.2) is 24.3 Å². The number of carbonyl (C=O) groups is 3. The second-order valence-corrected chi connectivity index (χ2v) is 6.01. The van der Waals surface area contributed by atoms with Crippen LogP contribution in [-0.4, -0.2) is 36.6 Å². The van der Waals surface area contributed by atoms with Crippen molar-refractivity contribution in [1.82, 2.24) is 5.32 Å². The molecule has 0 saturated heterocycles. The minimum Gasteiger partial charge on any atom is -0.463 e. The molecule has 0 saturated carbocycles. The minimum absolute atomic E-state index is 0.0545. The molecule has 6 nitrogen and oxygen atoms in total. The molecule has 1 N–H and O–H groups in total. The Labute approximate surface area is 142 Å². The van der Waals surface area contributed by atoms with Crippen LogP contribution in [0.4, 0.5) is 0 Å². The highest BCUT2D eigenvalue weighted by atomic mass is 16.5. The van der Waals surface area contributed by atoms with Crippen LogP contribution in [0.25, 0.3) is 0 Å². The summed E-state index contributed by atoms with van der Waals surface area (Å²) >= 11 is 0. The van der Waals surface area contributed by atoms with Gasteiger partial charge in [0.25, 0.3) is 0 Å². The molecule has 132 valence electrons. The highest BCUT2D eigenvalue weighted by Crippen LogP contribution is 2.18. The van der Waals surface area contributed by atoms with Gasteiger partial charge in [0.1, 0.15) is 18.8 Å². The minimum atomic E-state index is -0.950. The fraction of sp³-hybridized carbons (Fsp3) is 0.500. The predicted octanol–water partition coefficient (Wildman–Crippen LogP) is 1.93. The van der Waals surface area contributed by atoms with Crippen LogP contribution in [0.2, 0.25) is 0 Å². The monoisotopic (exact) mass is 335 g/mol. The van der Waals surface area contributed by atoms with Crippen molar-refractivity contribution in [2.45, 2.75) is 46.1 Å². The normalized spacial score (nSPS) is 10.8. The van der Waals surface area contributed by atoms with Crippen molar-refractivity contribution >= 4 is 17.8 Å². The molecule has 0 aliphatic rings. The third-order valence-corrected chi connectivity index (χ3v) is 3.56. The molecule has 1 aromatic carbocycles. The average molecular weight is 335 g/mol. The zero-order valence-corrected chi connectivity index (χ0v) is 14.7. The van der Waals surface area contributed by atoms with Gasteiger partial charge < -0.3 is 14.8 Å². The van der Waals surface area contributed by atoms with Gasteiger partial charge in [-0.25, -0.2) is 0 Å². The number of aryl methyl sites for hydroxylation is 2. The lowest BCUT2D eigenvalue weighted by Crippen LogP contribution is -2.55. The van der Waals surface area contributed by atoms with Gasteiger partial charge in [-0.2, -0.15) is 0 Å². The maximum absolute atomic E-state index is 11.6. The largest absolute Gasteiger partial charge is 0.463 e. The van der Waals surface area contributed by atoms with Gasteiger partial charge in [0.15, 0.2) is 0 Å². The van der Waals surface area contributed by atoms with Gasteiger partial charge in [0.05, 0.1) is 0 Å². The summed E-state index contributed by atoms with van der Waals surface area (Å²) in [5, 5.41) is 2.79. The number of esters is 2. The zero-order chi connectivity index (χ0) is 18.2. The van der Waals surface area contributed by atoms with Crippen molar-refractivity contribution in [2.75, 3.05) is 13.2 Å². The second kappa shape index (κ2) is 9.05. The van der Waals surface area contributed by atoms with Crippen LogP contribution in [-0.2, 0) is 30.3 Å². The molecular weight excluding hydrogens is 310 g/mol. The van der Waals surface area contributed by atoms with E-state index in [0.29, 0.717) is 12.8 Å². The summed E-state index contributed by atoms with van der Waals surface area (Å²) in [6.45, 7) is 5.87. The third kappa shape index (κ3) is 7.26. The van der Waals surface area contributed by atoms with Crippen molar-refractivity contribution in [1.29, 1.82) is 0 Å². The Hall–Kier alpha value is -2.37. The van der Waals surface area contributed by atoms with Crippen LogP contribution in [0, 0.1) is 6.92 Å². The van der Waals surface area contributed by atoms with Crippen molar-refractivity contribution in [3.05, 3.63) is 35.4 Å². The lowest BCUT2D eigenvalue weighted by molar-refractivity contribution is -0.150. The quantitative estimate of drug-likeness (QED) is 0.734. The Morgan fingerprint density at radius 1 is 0.958 bits per heavy atom. The zero-order valence-electron chi connectivity index (χ0n) is 14.7. The standard InChI is InChI=1S/C18H25NO5/c1-13-5-7-17(8-6-13)9-10-18(19-14(2)20,11-23-15(3)21)12-24-16(4)22/h5-8H,9-12H2,1-4H3,(H,19,20). The van der Waals surface area contributed by atoms with Gasteiger partial charge in [0.2, 0.25) is 5.91 Å². The molecule has 0 bridgehead atoms. The highest BCUT2D eigenvalue weighted by molar-refractivity contribution is 5.74. The van der Waals surface area contributed by atoms with Crippen molar-refractivity contribution in [2.24, 2.45) is 0 Å². The molecule has 1 amide bonds. The first-order valence-corrected chi connectivity index (χ1v) is 7.83. The van der Waals surface area contributed by atoms with Crippen LogP contribution >= 0.6 is 0 Å². The fourth-order valence-electron chi connectivity index (χ4n) is 2.31. The van der Waals surface area contributed by atoms with E-state index in [1.807, 2.05) is 31.2 Å². The topological polar surface area (TPSA) is 81.7 Å². The van der Waals surface area contributed by atoms with E-state index in [1.54, 1.807) is 0 Å². The Balaban J connectivity index is 2.92. The number of nitrogens with one attached hydrogen (secondary N) is 1. The van der Waals surface area contributed by atoms with E-state index in [0.717, 1.165) is 11.1 Å². The second-order valence-electron chi connectivity index (χ2n) is 6.01. The first kappa shape index (κ1) is 19.7. The number of amides is 1. The van der Waals surface area contributed by atoms with Crippen LogP contribution < -0.4 is 5.32 Å². The highest BCUT2D eigenvalue weighted by Gasteiger charge is 2.34. The molecule has 6 heteroatoms. The van der Waals surface area contributed by atoms with E-state index in [9.17, 15) is 14.4 Å². The molecule has 0 fully saturated rings. The molecule has 0 radical (unpaired) electrons. The van der Waals surface area contributed by atoms with E-state index >= 15 is 0 Å². The SMILES string of the molecule is CC(=O)NC(CCc1ccc(C)cc1)(COC(C)=O)COC(C)=O. The van der Waals surface area contributed by atoms with Gasteiger partial charge in [0, 0.05) is 20.8 Å². The Kier molecular flexibility index (Phi) is 7.42. The summed E-state index contributed by atoms with van der Waals surface area (Å²) in [5.41, 5.74) is 1.29. The van der Waals surface area contributed by atoms with Crippen LogP contribution in [0.3, 0.4) is 0 Å². The molecule has 24 heavy (non-hydrogen) atoms. The maximum atomic E-state index is 11.6. The van der Waals surface area contributed by atoms with Crippen molar-refractivity contribution in [3.8, 4) is 0 Å². The average Bonchev–Trinajstić information content (AvgIpc) is 2.49. The van der Waals surface area contributed by atoms with E-state index in [1.165, 1.54) is 20.8 Å². The summed E-state index contributed by atoms with van der Waals surface area (Å²) < 4.78 is 10.2. The molecule has 0 heterocycles. The summed E-state index contributed by atoms with van der Waals surface area (Å²) in [5.74, 6) is -1.19. The van der Waals surface area contributed by atoms with Gasteiger partial charge in [-0.3, -0.25) is 14.4 Å². The smallest absolute Gasteiger partial charge is 0.302 e. The molecule has 0 aliphatic carbocycles. The van der Waals surface area contributed by atoms with Crippen molar-refractivity contribution < 1.29 is 23.9 Å². The number of rotatable bonds is 8. The molecule has 0 aliphatic heterocycles. The lowest BCUT2D eigenvalue weighted by atomic mass is 9.92. The van der Waals surface area contributed by atoms with Gasteiger partial charge >= 0.3 is 11.9 Å². The number of hydrogen-bond donors (Lipinski definition) is 1. The fourth-order valence-corrected chi connectivity index (χ4v) is 2.31. The molecule has 0 unspecified atom stereocenters. The maximum Gasteiger partial charge on any atom is 0.302 e. The van der Waals surface area contributed by atoms with E-state index < -0.39 is 17.5 Å².